The van der Waals surface area contributed by atoms with Crippen LogP contribution in [-0.2, 0) is 65.7 Å². The molecule has 6 rings (SSSR count). The molecule has 0 unspecified atom stereocenters. The number of carbonyl (C=O) groups is 8. The van der Waals surface area contributed by atoms with Gasteiger partial charge in [0.05, 0.1) is 31.8 Å². The summed E-state index contributed by atoms with van der Waals surface area (Å²) in [4.78, 5) is 110. The molecule has 2 aliphatic carbocycles. The maximum Gasteiger partial charge on any atom is 0.410 e. The monoisotopic (exact) mass is 1040 g/mol. The fraction of sp³-hybridized carbons (Fsp3) is 0.579. The summed E-state index contributed by atoms with van der Waals surface area (Å²) < 4.78 is 26.9. The summed E-state index contributed by atoms with van der Waals surface area (Å²) in [7, 11) is 1.31. The summed E-state index contributed by atoms with van der Waals surface area (Å²) in [6, 6.07) is 16.7. The number of carbonyl (C=O) groups excluding carboxylic acids is 7. The van der Waals surface area contributed by atoms with Crippen molar-refractivity contribution in [2.24, 2.45) is 46.3 Å². The molecule has 8 atom stereocenters. The van der Waals surface area contributed by atoms with Gasteiger partial charge in [0, 0.05) is 51.1 Å². The van der Waals surface area contributed by atoms with Crippen molar-refractivity contribution in [2.75, 3.05) is 46.4 Å². The molecule has 2 aromatic carbocycles. The zero-order chi connectivity index (χ0) is 55.8. The third-order valence-electron chi connectivity index (χ3n) is 14.6. The van der Waals surface area contributed by atoms with Crippen LogP contribution in [0.4, 0.5) is 9.59 Å². The second-order valence-electron chi connectivity index (χ2n) is 23.1. The van der Waals surface area contributed by atoms with Crippen LogP contribution in [0.2, 0.25) is 0 Å². The van der Waals surface area contributed by atoms with Crippen molar-refractivity contribution in [3.05, 3.63) is 97.1 Å². The van der Waals surface area contributed by atoms with E-state index >= 15 is 0 Å². The lowest BCUT2D eigenvalue weighted by Gasteiger charge is -2.33. The first kappa shape index (κ1) is 59.2. The summed E-state index contributed by atoms with van der Waals surface area (Å²) in [5.41, 5.74) is -0.112. The standard InChI is InChI=1S/C29H40N2O7.C28H38N2O7/c1-8-14-30(27(35)37-18-19-12-10-9-11-13-19)16-20(15-22(32)38-28(2,3)4)25(33)31-17-21-23(29(21,5)6)24(31)26(34)36-7;1-7-13-29(26(35)36-17-18-11-9-8-10-12-18)15-19(14-21(31)37-27(2,3)4)24(32)30-16-20-22(28(20,5)6)23(30)25(33)34/h8-13,20-21,23-24H,1,14-18H2,2-7H3;7-12,19-20,22-23H,1,13-17H2,2-6H3,(H,33,34)/t20-,21-,23-,24-;19-,20-,22-,23-/m00/s1. The molecule has 2 saturated heterocycles. The minimum absolute atomic E-state index is 0.0128. The van der Waals surface area contributed by atoms with E-state index in [0.717, 1.165) is 11.1 Å². The average molecular weight is 1040 g/mol. The number of benzene rings is 2. The lowest BCUT2D eigenvalue weighted by atomic mass is 9.97. The smallest absolute Gasteiger partial charge is 0.410 e. The number of rotatable bonds is 20. The molecule has 2 saturated carbocycles. The first-order valence-corrected chi connectivity index (χ1v) is 25.5. The number of aliphatic carboxylic acids is 1. The molecule has 1 N–H and O–H groups in total. The van der Waals surface area contributed by atoms with E-state index in [1.807, 2.05) is 74.5 Å². The van der Waals surface area contributed by atoms with Gasteiger partial charge >= 0.3 is 36.1 Å². The Morgan fingerprint density at radius 3 is 1.33 bits per heavy atom. The maximum atomic E-state index is 13.9. The van der Waals surface area contributed by atoms with Crippen LogP contribution in [0.15, 0.2) is 86.0 Å². The summed E-state index contributed by atoms with van der Waals surface area (Å²) in [6.07, 6.45) is 1.20. The van der Waals surface area contributed by atoms with Crippen molar-refractivity contribution in [2.45, 2.75) is 119 Å². The predicted octanol–water partition coefficient (Wildman–Crippen LogP) is 7.54. The maximum absolute atomic E-state index is 13.9. The van der Waals surface area contributed by atoms with Crippen LogP contribution < -0.4 is 0 Å². The van der Waals surface area contributed by atoms with E-state index < -0.39 is 77.1 Å². The molecule has 2 aliphatic heterocycles. The first-order valence-electron chi connectivity index (χ1n) is 25.5. The molecule has 410 valence electrons. The largest absolute Gasteiger partial charge is 0.480 e. The highest BCUT2D eigenvalue weighted by molar-refractivity contribution is 5.91. The van der Waals surface area contributed by atoms with Crippen molar-refractivity contribution in [1.29, 1.82) is 0 Å². The number of amides is 4. The molecule has 2 aromatic rings. The third-order valence-corrected chi connectivity index (χ3v) is 14.6. The van der Waals surface area contributed by atoms with Crippen LogP contribution in [0.3, 0.4) is 0 Å². The Morgan fingerprint density at radius 2 is 1.00 bits per heavy atom. The summed E-state index contributed by atoms with van der Waals surface area (Å²) in [6.45, 7) is 26.8. The third kappa shape index (κ3) is 15.2. The van der Waals surface area contributed by atoms with Gasteiger partial charge in [-0.25, -0.2) is 19.2 Å². The number of hydrogen-bond donors (Lipinski definition) is 1. The van der Waals surface area contributed by atoms with Crippen LogP contribution in [0.25, 0.3) is 0 Å². The fourth-order valence-electron chi connectivity index (χ4n) is 10.7. The quantitative estimate of drug-likeness (QED) is 0.0771. The lowest BCUT2D eigenvalue weighted by Crippen LogP contribution is -2.51. The Bertz CT molecular complexity index is 2410. The Morgan fingerprint density at radius 1 is 0.640 bits per heavy atom. The van der Waals surface area contributed by atoms with Gasteiger partial charge in [0.1, 0.15) is 36.5 Å². The number of nitrogens with zero attached hydrogens (tertiary/aromatic N) is 4. The summed E-state index contributed by atoms with van der Waals surface area (Å²) >= 11 is 0. The van der Waals surface area contributed by atoms with Crippen molar-refractivity contribution >= 4 is 47.9 Å². The van der Waals surface area contributed by atoms with Crippen molar-refractivity contribution < 1.29 is 67.1 Å². The van der Waals surface area contributed by atoms with E-state index in [0.29, 0.717) is 13.1 Å². The zero-order valence-corrected chi connectivity index (χ0v) is 45.6. The van der Waals surface area contributed by atoms with Gasteiger partial charge in [0.15, 0.2) is 0 Å². The second kappa shape index (κ2) is 24.3. The molecule has 18 nitrogen and oxygen atoms in total. The lowest BCUT2D eigenvalue weighted by molar-refractivity contribution is -0.161. The number of fused-ring (bicyclic) bond motifs is 2. The highest BCUT2D eigenvalue weighted by atomic mass is 16.6. The predicted molar refractivity (Wildman–Crippen MR) is 277 cm³/mol. The molecule has 0 aromatic heterocycles. The van der Waals surface area contributed by atoms with Gasteiger partial charge in [-0.1, -0.05) is 101 Å². The minimum atomic E-state index is -1.06. The van der Waals surface area contributed by atoms with Gasteiger partial charge < -0.3 is 48.4 Å². The number of ether oxygens (including phenoxy) is 5. The molecule has 75 heavy (non-hydrogen) atoms. The Balaban J connectivity index is 0.000000277. The number of carboxylic acid groups (broad SMARTS) is 1. The fourth-order valence-corrected chi connectivity index (χ4v) is 10.7. The summed E-state index contributed by atoms with van der Waals surface area (Å²) in [5, 5.41) is 9.93. The van der Waals surface area contributed by atoms with Crippen LogP contribution in [-0.4, -0.2) is 142 Å². The number of carboxylic acids is 1. The van der Waals surface area contributed by atoms with Crippen LogP contribution in [0.1, 0.15) is 93.2 Å². The van der Waals surface area contributed by atoms with E-state index in [2.05, 4.69) is 27.0 Å². The SMILES string of the molecule is C=CCN(C[C@H](CC(=O)OC(C)(C)C)C(=O)N1C[C@H]2[C@@H]([C@H]1C(=O)O)C2(C)C)C(=O)OCc1ccccc1.C=CCN(C[C@H](CC(=O)OC(C)(C)C)C(=O)N1C[C@H]2[C@@H]([C@H]1C(=O)OC)C2(C)C)C(=O)OCc1ccccc1. The Labute approximate surface area is 441 Å². The Hall–Kier alpha value is -6.72. The second-order valence-corrected chi connectivity index (χ2v) is 23.1. The molecule has 18 heteroatoms. The van der Waals surface area contributed by atoms with Crippen LogP contribution >= 0.6 is 0 Å². The van der Waals surface area contributed by atoms with Gasteiger partial charge in [-0.05, 0) is 75.3 Å². The molecule has 4 aliphatic rings. The normalized spacial score (nSPS) is 22.2. The van der Waals surface area contributed by atoms with E-state index in [1.54, 1.807) is 41.5 Å². The topological polar surface area (TPSA) is 216 Å². The molecular formula is C57H78N4O14. The highest BCUT2D eigenvalue weighted by Gasteiger charge is 2.71. The first-order chi connectivity index (χ1) is 35.1. The van der Waals surface area contributed by atoms with Crippen molar-refractivity contribution in [1.82, 2.24) is 19.6 Å². The number of hydrogen-bond acceptors (Lipinski definition) is 13. The number of methoxy groups -OCH3 is 1. The van der Waals surface area contributed by atoms with Crippen LogP contribution in [0, 0.1) is 46.3 Å². The molecule has 0 bridgehead atoms. The molecule has 0 spiro atoms. The zero-order valence-electron chi connectivity index (χ0n) is 45.6. The van der Waals surface area contributed by atoms with Gasteiger partial charge in [-0.3, -0.25) is 19.2 Å². The van der Waals surface area contributed by atoms with Gasteiger partial charge in [0.25, 0.3) is 0 Å². The highest BCUT2D eigenvalue weighted by Crippen LogP contribution is 2.66. The molecule has 2 heterocycles. The van der Waals surface area contributed by atoms with E-state index in [4.69, 9.17) is 23.7 Å². The van der Waals surface area contributed by atoms with Gasteiger partial charge in [0.2, 0.25) is 11.8 Å². The van der Waals surface area contributed by atoms with Gasteiger partial charge in [-0.15, -0.1) is 13.2 Å². The van der Waals surface area contributed by atoms with E-state index in [9.17, 15) is 43.5 Å². The van der Waals surface area contributed by atoms with E-state index in [1.165, 1.54) is 38.9 Å². The summed E-state index contributed by atoms with van der Waals surface area (Å²) in [5.74, 6) is -5.42. The Kier molecular flexibility index (Phi) is 19.2. The van der Waals surface area contributed by atoms with Crippen molar-refractivity contribution in [3.63, 3.8) is 0 Å². The van der Waals surface area contributed by atoms with Crippen molar-refractivity contribution in [3.8, 4) is 0 Å². The molecule has 4 fully saturated rings. The average Bonchev–Trinajstić information content (AvgIpc) is 3.77. The van der Waals surface area contributed by atoms with E-state index in [-0.39, 0.29) is 92.6 Å². The minimum Gasteiger partial charge on any atom is -0.480 e. The van der Waals surface area contributed by atoms with Crippen LogP contribution in [0.5, 0.6) is 0 Å². The number of piperidine rings is 2. The molecule has 0 radical (unpaired) electrons. The number of likely N-dealkylation sites (tertiary alicyclic amines) is 2. The van der Waals surface area contributed by atoms with Gasteiger partial charge in [-0.2, -0.15) is 0 Å². The number of esters is 3. The molecular weight excluding hydrogens is 965 g/mol. The molecule has 4 amide bonds.